The molecule has 2 aromatic rings. The fourth-order valence-corrected chi connectivity index (χ4v) is 2.00. The number of hydrogen-bond acceptors (Lipinski definition) is 4. The Labute approximate surface area is 129 Å². The summed E-state index contributed by atoms with van der Waals surface area (Å²) in [7, 11) is 1.38. The molecule has 1 heterocycles. The monoisotopic (exact) mass is 346 g/mol. The minimum absolute atomic E-state index is 0.0769. The van der Waals surface area contributed by atoms with E-state index < -0.39 is 17.6 Å². The van der Waals surface area contributed by atoms with Gasteiger partial charge in [0.2, 0.25) is 11.7 Å². The van der Waals surface area contributed by atoms with Gasteiger partial charge in [-0.2, -0.15) is 5.26 Å². The fraction of sp³-hybridized carbons (Fsp3) is 0.143. The Balaban J connectivity index is 2.27. The molecule has 0 bridgehead atoms. The van der Waals surface area contributed by atoms with Crippen LogP contribution in [0, 0.1) is 17.2 Å². The molecule has 0 aliphatic rings. The van der Waals surface area contributed by atoms with E-state index in [9.17, 15) is 9.59 Å². The third-order valence-electron chi connectivity index (χ3n) is 2.86. The van der Waals surface area contributed by atoms with E-state index in [1.54, 1.807) is 10.6 Å². The molecular formula is C14H11BrN4O2. The van der Waals surface area contributed by atoms with E-state index in [4.69, 9.17) is 5.26 Å². The molecule has 0 saturated carbocycles. The van der Waals surface area contributed by atoms with Crippen LogP contribution in [0.15, 0.2) is 41.3 Å². The molecule has 1 atom stereocenters. The lowest BCUT2D eigenvalue weighted by molar-refractivity contribution is -0.121. The van der Waals surface area contributed by atoms with Crippen molar-refractivity contribution in [2.75, 3.05) is 7.05 Å². The second-order valence-electron chi connectivity index (χ2n) is 4.18. The van der Waals surface area contributed by atoms with Crippen LogP contribution in [0.3, 0.4) is 0 Å². The number of aromatic nitrogens is 2. The van der Waals surface area contributed by atoms with E-state index in [2.05, 4.69) is 26.2 Å². The standard InChI is InChI=1S/C14H11BrN4O2/c1-17-14(21)11(6-16)13(20)12-7-19(8-18-12)10-4-2-9(15)3-5-10/h2-5,7-8,11H,1H3,(H,17,21). The lowest BCUT2D eigenvalue weighted by atomic mass is 10.0. The Kier molecular flexibility index (Phi) is 4.50. The number of hydrogen-bond donors (Lipinski definition) is 1. The van der Waals surface area contributed by atoms with Crippen molar-refractivity contribution in [1.29, 1.82) is 5.26 Å². The highest BCUT2D eigenvalue weighted by Gasteiger charge is 2.28. The van der Waals surface area contributed by atoms with E-state index in [0.717, 1.165) is 10.2 Å². The van der Waals surface area contributed by atoms with E-state index in [0.29, 0.717) is 0 Å². The first kappa shape index (κ1) is 14.9. The number of carbonyl (C=O) groups is 2. The van der Waals surface area contributed by atoms with Crippen LogP contribution in [0.25, 0.3) is 5.69 Å². The highest BCUT2D eigenvalue weighted by molar-refractivity contribution is 9.10. The predicted octanol–water partition coefficient (Wildman–Crippen LogP) is 1.70. The fourth-order valence-electron chi connectivity index (χ4n) is 1.73. The van der Waals surface area contributed by atoms with E-state index in [1.807, 2.05) is 24.3 Å². The normalized spacial score (nSPS) is 11.5. The maximum Gasteiger partial charge on any atom is 0.245 e. The van der Waals surface area contributed by atoms with Gasteiger partial charge in [0.05, 0.1) is 6.07 Å². The van der Waals surface area contributed by atoms with Gasteiger partial charge in [0, 0.05) is 23.4 Å². The number of imidazole rings is 1. The summed E-state index contributed by atoms with van der Waals surface area (Å²) in [5.41, 5.74) is 0.895. The number of halogens is 1. The van der Waals surface area contributed by atoms with Crippen LogP contribution in [0.5, 0.6) is 0 Å². The quantitative estimate of drug-likeness (QED) is 0.674. The number of nitriles is 1. The lowest BCUT2D eigenvalue weighted by Crippen LogP contribution is -2.32. The van der Waals surface area contributed by atoms with Crippen molar-refractivity contribution in [2.45, 2.75) is 0 Å². The molecule has 0 radical (unpaired) electrons. The summed E-state index contributed by atoms with van der Waals surface area (Å²) in [5.74, 6) is -2.64. The van der Waals surface area contributed by atoms with Gasteiger partial charge < -0.3 is 9.88 Å². The molecule has 1 aromatic heterocycles. The van der Waals surface area contributed by atoms with Gasteiger partial charge in [0.1, 0.15) is 12.0 Å². The summed E-state index contributed by atoms with van der Waals surface area (Å²) in [5, 5.41) is 11.2. The van der Waals surface area contributed by atoms with Gasteiger partial charge in [-0.1, -0.05) is 15.9 Å². The van der Waals surface area contributed by atoms with E-state index in [-0.39, 0.29) is 5.69 Å². The molecule has 106 valence electrons. The number of amides is 1. The topological polar surface area (TPSA) is 87.8 Å². The molecule has 1 amide bonds. The molecule has 6 nitrogen and oxygen atoms in total. The molecule has 7 heteroatoms. The lowest BCUT2D eigenvalue weighted by Gasteiger charge is -2.04. The van der Waals surface area contributed by atoms with Crippen molar-refractivity contribution < 1.29 is 9.59 Å². The molecular weight excluding hydrogens is 336 g/mol. The van der Waals surface area contributed by atoms with Gasteiger partial charge in [-0.05, 0) is 24.3 Å². The SMILES string of the molecule is CNC(=O)C(C#N)C(=O)c1cn(-c2ccc(Br)cc2)cn1. The molecule has 0 aliphatic carbocycles. The van der Waals surface area contributed by atoms with Gasteiger partial charge in [0.15, 0.2) is 5.92 Å². The van der Waals surface area contributed by atoms with Crippen molar-refractivity contribution in [3.63, 3.8) is 0 Å². The summed E-state index contributed by atoms with van der Waals surface area (Å²) in [6.45, 7) is 0. The third-order valence-corrected chi connectivity index (χ3v) is 3.39. The van der Waals surface area contributed by atoms with Gasteiger partial charge >= 0.3 is 0 Å². The van der Waals surface area contributed by atoms with Gasteiger partial charge in [0.25, 0.3) is 0 Å². The second kappa shape index (κ2) is 6.33. The van der Waals surface area contributed by atoms with Crippen LogP contribution < -0.4 is 5.32 Å². The number of benzene rings is 1. The van der Waals surface area contributed by atoms with Crippen molar-refractivity contribution in [3.8, 4) is 11.8 Å². The predicted molar refractivity (Wildman–Crippen MR) is 78.8 cm³/mol. The molecule has 1 unspecified atom stereocenters. The summed E-state index contributed by atoms with van der Waals surface area (Å²) in [4.78, 5) is 27.6. The molecule has 0 aliphatic heterocycles. The molecule has 0 spiro atoms. The average molecular weight is 347 g/mol. The van der Waals surface area contributed by atoms with Crippen LogP contribution in [0.2, 0.25) is 0 Å². The second-order valence-corrected chi connectivity index (χ2v) is 5.10. The Morgan fingerprint density at radius 2 is 2.05 bits per heavy atom. The van der Waals surface area contributed by atoms with Crippen LogP contribution in [-0.2, 0) is 4.79 Å². The minimum Gasteiger partial charge on any atom is -0.358 e. The summed E-state index contributed by atoms with van der Waals surface area (Å²) in [6, 6.07) is 9.11. The molecule has 2 rings (SSSR count). The van der Waals surface area contributed by atoms with E-state index in [1.165, 1.54) is 19.6 Å². The number of ketones is 1. The zero-order valence-corrected chi connectivity index (χ0v) is 12.7. The van der Waals surface area contributed by atoms with Crippen LogP contribution in [-0.4, -0.2) is 28.3 Å². The first-order valence-corrected chi connectivity index (χ1v) is 6.81. The van der Waals surface area contributed by atoms with Gasteiger partial charge in [-0.15, -0.1) is 0 Å². The number of Topliss-reactive ketones (excluding diaryl/α,β-unsaturated/α-hetero) is 1. The summed E-state index contributed by atoms with van der Waals surface area (Å²) < 4.78 is 2.59. The minimum atomic E-state index is -1.39. The average Bonchev–Trinajstić information content (AvgIpc) is 2.98. The third kappa shape index (κ3) is 3.17. The highest BCUT2D eigenvalue weighted by Crippen LogP contribution is 2.15. The molecule has 0 saturated heterocycles. The Hall–Kier alpha value is -2.46. The van der Waals surface area contributed by atoms with Crippen molar-refractivity contribution in [1.82, 2.24) is 14.9 Å². The van der Waals surface area contributed by atoms with Crippen LogP contribution >= 0.6 is 15.9 Å². The molecule has 0 fully saturated rings. The van der Waals surface area contributed by atoms with Crippen molar-refractivity contribution in [3.05, 3.63) is 47.0 Å². The maximum atomic E-state index is 12.1. The van der Waals surface area contributed by atoms with Crippen molar-refractivity contribution in [2.24, 2.45) is 5.92 Å². The molecule has 1 aromatic carbocycles. The maximum absolute atomic E-state index is 12.1. The summed E-state index contributed by atoms with van der Waals surface area (Å²) >= 11 is 3.34. The molecule has 21 heavy (non-hydrogen) atoms. The highest BCUT2D eigenvalue weighted by atomic mass is 79.9. The summed E-state index contributed by atoms with van der Waals surface area (Å²) in [6.07, 6.45) is 2.97. The molecule has 1 N–H and O–H groups in total. The number of rotatable bonds is 4. The zero-order chi connectivity index (χ0) is 15.4. The Morgan fingerprint density at radius 1 is 1.38 bits per heavy atom. The first-order valence-electron chi connectivity index (χ1n) is 6.02. The van der Waals surface area contributed by atoms with Gasteiger partial charge in [-0.25, -0.2) is 4.98 Å². The first-order chi connectivity index (χ1) is 10.1. The van der Waals surface area contributed by atoms with Crippen molar-refractivity contribution >= 4 is 27.6 Å². The van der Waals surface area contributed by atoms with Crippen LogP contribution in [0.1, 0.15) is 10.5 Å². The zero-order valence-electron chi connectivity index (χ0n) is 11.1. The Morgan fingerprint density at radius 3 is 2.62 bits per heavy atom. The number of nitrogens with one attached hydrogen (secondary N) is 1. The number of nitrogens with zero attached hydrogens (tertiary/aromatic N) is 3. The Bertz CT molecular complexity index is 715. The van der Waals surface area contributed by atoms with E-state index >= 15 is 0 Å². The largest absolute Gasteiger partial charge is 0.358 e. The number of carbonyl (C=O) groups excluding carboxylic acids is 2. The van der Waals surface area contributed by atoms with Gasteiger partial charge in [-0.3, -0.25) is 9.59 Å². The van der Waals surface area contributed by atoms with Crippen LogP contribution in [0.4, 0.5) is 0 Å². The smallest absolute Gasteiger partial charge is 0.245 e.